The molecular formula is C38H47F3O5. The van der Waals surface area contributed by atoms with E-state index >= 15 is 0 Å². The van der Waals surface area contributed by atoms with Gasteiger partial charge >= 0.3 is 18.1 Å². The van der Waals surface area contributed by atoms with E-state index in [4.69, 9.17) is 14.2 Å². The molecule has 5 nitrogen and oxygen atoms in total. The SMILES string of the molecule is CCCCCCCCCCOc1ccc(-c2ccc(C(=O)Oc3ccc(C(=O)O[C@H](CCC)CCCC(F)(F)F)cc3)cc2)cc1. The molecule has 0 heterocycles. The highest BCUT2D eigenvalue weighted by atomic mass is 19.4. The van der Waals surface area contributed by atoms with E-state index in [1.165, 1.54) is 69.2 Å². The van der Waals surface area contributed by atoms with E-state index in [-0.39, 0.29) is 24.2 Å². The van der Waals surface area contributed by atoms with Crippen LogP contribution in [0.25, 0.3) is 11.1 Å². The molecular weight excluding hydrogens is 593 g/mol. The molecule has 3 aromatic rings. The topological polar surface area (TPSA) is 61.8 Å². The van der Waals surface area contributed by atoms with Crippen molar-refractivity contribution in [2.24, 2.45) is 0 Å². The van der Waals surface area contributed by atoms with Crippen molar-refractivity contribution in [3.8, 4) is 22.6 Å². The summed E-state index contributed by atoms with van der Waals surface area (Å²) in [5.74, 6) is -0.0716. The molecule has 0 aromatic heterocycles. The van der Waals surface area contributed by atoms with E-state index in [1.54, 1.807) is 12.1 Å². The van der Waals surface area contributed by atoms with Crippen molar-refractivity contribution < 1.29 is 37.0 Å². The molecule has 0 aliphatic rings. The lowest BCUT2D eigenvalue weighted by Crippen LogP contribution is -2.19. The van der Waals surface area contributed by atoms with E-state index in [0.717, 1.165) is 23.3 Å². The van der Waals surface area contributed by atoms with Crippen molar-refractivity contribution in [2.75, 3.05) is 6.61 Å². The lowest BCUT2D eigenvalue weighted by molar-refractivity contribution is -0.136. The van der Waals surface area contributed by atoms with Gasteiger partial charge < -0.3 is 14.2 Å². The number of ether oxygens (including phenoxy) is 3. The van der Waals surface area contributed by atoms with Crippen LogP contribution in [0.15, 0.2) is 72.8 Å². The molecule has 8 heteroatoms. The summed E-state index contributed by atoms with van der Waals surface area (Å²) in [4.78, 5) is 25.3. The molecule has 3 aromatic carbocycles. The summed E-state index contributed by atoms with van der Waals surface area (Å²) in [5.41, 5.74) is 2.56. The minimum atomic E-state index is -4.23. The maximum absolute atomic E-state index is 12.7. The van der Waals surface area contributed by atoms with Gasteiger partial charge in [0.15, 0.2) is 0 Å². The summed E-state index contributed by atoms with van der Waals surface area (Å²) >= 11 is 0. The van der Waals surface area contributed by atoms with Crippen LogP contribution in [0.1, 0.15) is 118 Å². The van der Waals surface area contributed by atoms with Crippen molar-refractivity contribution in [2.45, 2.75) is 110 Å². The van der Waals surface area contributed by atoms with Gasteiger partial charge in [0.2, 0.25) is 0 Å². The number of unbranched alkanes of at least 4 members (excludes halogenated alkanes) is 7. The first-order valence-electron chi connectivity index (χ1n) is 16.6. The molecule has 0 radical (unpaired) electrons. The van der Waals surface area contributed by atoms with Crippen molar-refractivity contribution in [1.82, 2.24) is 0 Å². The van der Waals surface area contributed by atoms with Gasteiger partial charge in [-0.05, 0) is 85.3 Å². The molecule has 0 fully saturated rings. The normalized spacial score (nSPS) is 12.0. The van der Waals surface area contributed by atoms with E-state index in [2.05, 4.69) is 6.92 Å². The highest BCUT2D eigenvalue weighted by Crippen LogP contribution is 2.26. The molecule has 250 valence electrons. The fraction of sp³-hybridized carbons (Fsp3) is 0.474. The second-order valence-electron chi connectivity index (χ2n) is 11.7. The number of carbonyl (C=O) groups is 2. The molecule has 0 spiro atoms. The van der Waals surface area contributed by atoms with E-state index in [0.29, 0.717) is 25.0 Å². The van der Waals surface area contributed by atoms with Gasteiger partial charge in [0.05, 0.1) is 17.7 Å². The first kappa shape index (κ1) is 36.7. The van der Waals surface area contributed by atoms with Crippen LogP contribution in [-0.4, -0.2) is 30.8 Å². The lowest BCUT2D eigenvalue weighted by Gasteiger charge is -2.18. The average molecular weight is 641 g/mol. The number of benzene rings is 3. The van der Waals surface area contributed by atoms with E-state index in [9.17, 15) is 22.8 Å². The fourth-order valence-electron chi connectivity index (χ4n) is 5.13. The van der Waals surface area contributed by atoms with Gasteiger partial charge in [-0.1, -0.05) is 89.5 Å². The van der Waals surface area contributed by atoms with Crippen LogP contribution in [0.4, 0.5) is 13.2 Å². The Hall–Kier alpha value is -3.81. The number of hydrogen-bond acceptors (Lipinski definition) is 5. The third-order valence-electron chi connectivity index (χ3n) is 7.75. The van der Waals surface area contributed by atoms with Gasteiger partial charge in [0, 0.05) is 6.42 Å². The summed E-state index contributed by atoms with van der Waals surface area (Å²) in [6.45, 7) is 4.83. The number of halogens is 3. The molecule has 3 rings (SSSR count). The highest BCUT2D eigenvalue weighted by molar-refractivity contribution is 5.92. The molecule has 0 aliphatic heterocycles. The third-order valence-corrected chi connectivity index (χ3v) is 7.75. The van der Waals surface area contributed by atoms with Crippen LogP contribution in [0.3, 0.4) is 0 Å². The summed E-state index contributed by atoms with van der Waals surface area (Å²) in [6.07, 6.45) is 5.58. The molecule has 0 unspecified atom stereocenters. The van der Waals surface area contributed by atoms with E-state index < -0.39 is 30.6 Å². The maximum atomic E-state index is 12.7. The molecule has 0 amide bonds. The molecule has 0 aliphatic carbocycles. The molecule has 0 saturated carbocycles. The number of esters is 2. The van der Waals surface area contributed by atoms with Crippen molar-refractivity contribution in [3.05, 3.63) is 83.9 Å². The second-order valence-corrected chi connectivity index (χ2v) is 11.7. The van der Waals surface area contributed by atoms with Crippen LogP contribution < -0.4 is 9.47 Å². The zero-order valence-electron chi connectivity index (χ0n) is 27.1. The van der Waals surface area contributed by atoms with Gasteiger partial charge in [0.1, 0.15) is 17.6 Å². The Morgan fingerprint density at radius 3 is 1.72 bits per heavy atom. The minimum Gasteiger partial charge on any atom is -0.494 e. The zero-order chi connectivity index (χ0) is 33.2. The van der Waals surface area contributed by atoms with Gasteiger partial charge in [0.25, 0.3) is 0 Å². The number of hydrogen-bond donors (Lipinski definition) is 0. The summed E-state index contributed by atoms with van der Waals surface area (Å²) < 4.78 is 54.3. The Morgan fingerprint density at radius 1 is 0.609 bits per heavy atom. The van der Waals surface area contributed by atoms with Gasteiger partial charge in [-0.25, -0.2) is 9.59 Å². The number of alkyl halides is 3. The molecule has 0 bridgehead atoms. The Bertz CT molecular complexity index is 1300. The van der Waals surface area contributed by atoms with Crippen LogP contribution in [0, 0.1) is 0 Å². The first-order valence-corrected chi connectivity index (χ1v) is 16.6. The number of carbonyl (C=O) groups excluding carboxylic acids is 2. The Kier molecular flexibility index (Phi) is 15.7. The lowest BCUT2D eigenvalue weighted by atomic mass is 10.0. The van der Waals surface area contributed by atoms with Crippen LogP contribution in [0.5, 0.6) is 11.5 Å². The summed E-state index contributed by atoms with van der Waals surface area (Å²) in [7, 11) is 0. The molecule has 46 heavy (non-hydrogen) atoms. The monoisotopic (exact) mass is 640 g/mol. The molecule has 0 saturated heterocycles. The van der Waals surface area contributed by atoms with Gasteiger partial charge in [-0.2, -0.15) is 13.2 Å². The van der Waals surface area contributed by atoms with Crippen molar-refractivity contribution >= 4 is 11.9 Å². The van der Waals surface area contributed by atoms with Crippen molar-refractivity contribution in [1.29, 1.82) is 0 Å². The third kappa shape index (κ3) is 13.7. The summed E-state index contributed by atoms with van der Waals surface area (Å²) in [5, 5.41) is 0. The van der Waals surface area contributed by atoms with Crippen LogP contribution in [0.2, 0.25) is 0 Å². The van der Waals surface area contributed by atoms with Gasteiger partial charge in [-0.15, -0.1) is 0 Å². The minimum absolute atomic E-state index is 0.0992. The molecule has 1 atom stereocenters. The number of rotatable bonds is 20. The van der Waals surface area contributed by atoms with Crippen LogP contribution >= 0.6 is 0 Å². The summed E-state index contributed by atoms with van der Waals surface area (Å²) in [6, 6.07) is 20.9. The maximum Gasteiger partial charge on any atom is 0.389 e. The second kappa shape index (κ2) is 19.6. The quantitative estimate of drug-likeness (QED) is 0.0698. The fourth-order valence-corrected chi connectivity index (χ4v) is 5.13. The van der Waals surface area contributed by atoms with Crippen molar-refractivity contribution in [3.63, 3.8) is 0 Å². The Labute approximate surface area is 271 Å². The molecule has 0 N–H and O–H groups in total. The predicted molar refractivity (Wildman–Crippen MR) is 175 cm³/mol. The van der Waals surface area contributed by atoms with E-state index in [1.807, 2.05) is 43.3 Å². The average Bonchev–Trinajstić information content (AvgIpc) is 3.04. The Morgan fingerprint density at radius 2 is 1.13 bits per heavy atom. The standard InChI is InChI=1S/C38H47F3O5/c1-3-5-6-7-8-9-10-11-28-44-33-23-19-30(20-24-33)29-15-17-31(18-16-29)36(42)46-35-25-21-32(22-26-35)37(43)45-34(13-4-2)14-12-27-38(39,40)41/h15-26,34H,3-14,27-28H2,1-2H3/t34-/m1/s1. The van der Waals surface area contributed by atoms with Crippen LogP contribution in [-0.2, 0) is 4.74 Å². The Balaban J connectivity index is 1.43. The smallest absolute Gasteiger partial charge is 0.389 e. The first-order chi connectivity index (χ1) is 22.2. The predicted octanol–water partition coefficient (Wildman–Crippen LogP) is 11.2. The zero-order valence-corrected chi connectivity index (χ0v) is 27.1. The largest absolute Gasteiger partial charge is 0.494 e. The highest BCUT2D eigenvalue weighted by Gasteiger charge is 2.27. The van der Waals surface area contributed by atoms with Gasteiger partial charge in [-0.3, -0.25) is 0 Å².